The SMILES string of the molecule is Cc1nnc(S/C(=C/C(=O)c2ccco2)c2ccccc2)[nH]c1=O. The van der Waals surface area contributed by atoms with E-state index in [-0.39, 0.29) is 22.8 Å². The van der Waals surface area contributed by atoms with E-state index in [2.05, 4.69) is 15.2 Å². The number of aromatic amines is 1. The summed E-state index contributed by atoms with van der Waals surface area (Å²) in [6, 6.07) is 12.6. The van der Waals surface area contributed by atoms with Crippen molar-refractivity contribution in [1.82, 2.24) is 15.2 Å². The fourth-order valence-electron chi connectivity index (χ4n) is 1.91. The monoisotopic (exact) mass is 339 g/mol. The Morgan fingerprint density at radius 3 is 2.62 bits per heavy atom. The van der Waals surface area contributed by atoms with Gasteiger partial charge in [-0.1, -0.05) is 30.3 Å². The van der Waals surface area contributed by atoms with Crippen molar-refractivity contribution >= 4 is 22.5 Å². The van der Waals surface area contributed by atoms with Crippen LogP contribution in [0.3, 0.4) is 0 Å². The molecule has 0 saturated carbocycles. The summed E-state index contributed by atoms with van der Waals surface area (Å²) in [6.07, 6.45) is 2.90. The Morgan fingerprint density at radius 1 is 1.17 bits per heavy atom. The van der Waals surface area contributed by atoms with Crippen LogP contribution in [0.2, 0.25) is 0 Å². The minimum Gasteiger partial charge on any atom is -0.461 e. The van der Waals surface area contributed by atoms with E-state index in [0.29, 0.717) is 10.1 Å². The van der Waals surface area contributed by atoms with Gasteiger partial charge in [-0.05, 0) is 36.4 Å². The number of allylic oxidation sites excluding steroid dienone is 1. The fourth-order valence-corrected chi connectivity index (χ4v) is 2.77. The lowest BCUT2D eigenvalue weighted by atomic mass is 10.2. The van der Waals surface area contributed by atoms with Crippen molar-refractivity contribution < 1.29 is 9.21 Å². The molecule has 0 unspecified atom stereocenters. The molecule has 24 heavy (non-hydrogen) atoms. The lowest BCUT2D eigenvalue weighted by molar-refractivity contribution is 0.102. The first-order valence-corrected chi connectivity index (χ1v) is 7.91. The van der Waals surface area contributed by atoms with Gasteiger partial charge in [0.2, 0.25) is 5.78 Å². The summed E-state index contributed by atoms with van der Waals surface area (Å²) < 4.78 is 5.13. The molecule has 0 radical (unpaired) electrons. The minimum absolute atomic E-state index is 0.243. The number of thioether (sulfide) groups is 1. The van der Waals surface area contributed by atoms with E-state index in [9.17, 15) is 9.59 Å². The Kier molecular flexibility index (Phi) is 4.72. The van der Waals surface area contributed by atoms with Crippen molar-refractivity contribution in [1.29, 1.82) is 0 Å². The molecule has 3 rings (SSSR count). The van der Waals surface area contributed by atoms with Gasteiger partial charge < -0.3 is 4.42 Å². The molecule has 2 aromatic heterocycles. The molecule has 0 bridgehead atoms. The van der Waals surface area contributed by atoms with E-state index in [0.717, 1.165) is 17.3 Å². The molecule has 2 heterocycles. The highest BCUT2D eigenvalue weighted by Gasteiger charge is 2.12. The highest BCUT2D eigenvalue weighted by Crippen LogP contribution is 2.31. The molecule has 7 heteroatoms. The number of hydrogen-bond donors (Lipinski definition) is 1. The molecule has 0 spiro atoms. The molecule has 0 amide bonds. The van der Waals surface area contributed by atoms with Crippen molar-refractivity contribution in [3.05, 3.63) is 82.2 Å². The summed E-state index contributed by atoms with van der Waals surface area (Å²) in [5.41, 5.74) is 0.805. The summed E-state index contributed by atoms with van der Waals surface area (Å²) in [6.45, 7) is 1.58. The lowest BCUT2D eigenvalue weighted by Gasteiger charge is -2.06. The second-order valence-corrected chi connectivity index (χ2v) is 5.89. The Bertz CT molecular complexity index is 931. The fraction of sp³-hybridized carbons (Fsp3) is 0.0588. The second-order valence-electron chi connectivity index (χ2n) is 4.86. The maximum absolute atomic E-state index is 12.3. The third-order valence-corrected chi connectivity index (χ3v) is 4.08. The van der Waals surface area contributed by atoms with Gasteiger partial charge in [0.25, 0.3) is 5.56 Å². The first-order chi connectivity index (χ1) is 11.6. The highest BCUT2D eigenvalue weighted by atomic mass is 32.2. The van der Waals surface area contributed by atoms with Gasteiger partial charge in [-0.2, -0.15) is 0 Å². The van der Waals surface area contributed by atoms with Crippen LogP contribution in [0, 0.1) is 6.92 Å². The van der Waals surface area contributed by atoms with Gasteiger partial charge in [-0.15, -0.1) is 10.2 Å². The Hall–Kier alpha value is -2.93. The predicted molar refractivity (Wildman–Crippen MR) is 90.7 cm³/mol. The van der Waals surface area contributed by atoms with Crippen LogP contribution >= 0.6 is 11.8 Å². The summed E-state index contributed by atoms with van der Waals surface area (Å²) in [4.78, 5) is 27.3. The van der Waals surface area contributed by atoms with Crippen LogP contribution in [0.1, 0.15) is 21.8 Å². The number of ketones is 1. The zero-order valence-electron chi connectivity index (χ0n) is 12.7. The minimum atomic E-state index is -0.308. The zero-order chi connectivity index (χ0) is 16.9. The number of rotatable bonds is 5. The second kappa shape index (κ2) is 7.10. The van der Waals surface area contributed by atoms with E-state index in [4.69, 9.17) is 4.42 Å². The molecule has 0 aliphatic heterocycles. The van der Waals surface area contributed by atoms with Crippen LogP contribution in [-0.2, 0) is 0 Å². The normalized spacial score (nSPS) is 11.5. The van der Waals surface area contributed by atoms with E-state index in [1.54, 1.807) is 19.1 Å². The molecular formula is C17H13N3O3S. The summed E-state index contributed by atoms with van der Waals surface area (Å²) >= 11 is 1.16. The number of carbonyl (C=O) groups excluding carboxylic acids is 1. The Balaban J connectivity index is 1.97. The molecule has 3 aromatic rings. The summed E-state index contributed by atoms with van der Waals surface area (Å²) in [5.74, 6) is -0.0266. The topological polar surface area (TPSA) is 88.8 Å². The van der Waals surface area contributed by atoms with Crippen LogP contribution in [-0.4, -0.2) is 21.0 Å². The van der Waals surface area contributed by atoms with Crippen LogP contribution in [0.15, 0.2) is 69.2 Å². The van der Waals surface area contributed by atoms with Crippen LogP contribution in [0.4, 0.5) is 0 Å². The van der Waals surface area contributed by atoms with Crippen molar-refractivity contribution in [2.45, 2.75) is 12.1 Å². The van der Waals surface area contributed by atoms with Gasteiger partial charge in [0.1, 0.15) is 5.69 Å². The van der Waals surface area contributed by atoms with Crippen molar-refractivity contribution in [3.63, 3.8) is 0 Å². The third-order valence-electron chi connectivity index (χ3n) is 3.13. The number of aromatic nitrogens is 3. The van der Waals surface area contributed by atoms with E-state index in [1.807, 2.05) is 30.3 Å². The number of nitrogens with zero attached hydrogens (tertiary/aromatic N) is 2. The molecule has 1 N–H and O–H groups in total. The quantitative estimate of drug-likeness (QED) is 0.436. The van der Waals surface area contributed by atoms with E-state index in [1.165, 1.54) is 12.3 Å². The van der Waals surface area contributed by atoms with Gasteiger partial charge in [-0.3, -0.25) is 14.6 Å². The third kappa shape index (κ3) is 3.69. The van der Waals surface area contributed by atoms with Gasteiger partial charge in [-0.25, -0.2) is 0 Å². The predicted octanol–water partition coefficient (Wildman–Crippen LogP) is 3.08. The van der Waals surface area contributed by atoms with Gasteiger partial charge >= 0.3 is 0 Å². The molecule has 6 nitrogen and oxygen atoms in total. The Morgan fingerprint density at radius 2 is 1.96 bits per heavy atom. The van der Waals surface area contributed by atoms with Crippen molar-refractivity contribution in [3.8, 4) is 0 Å². The molecule has 0 fully saturated rings. The molecule has 1 aromatic carbocycles. The van der Waals surface area contributed by atoms with Gasteiger partial charge in [0.05, 0.1) is 6.26 Å². The maximum Gasteiger partial charge on any atom is 0.273 e. The maximum atomic E-state index is 12.3. The number of nitrogens with one attached hydrogen (secondary N) is 1. The Labute approximate surface area is 141 Å². The number of hydrogen-bond acceptors (Lipinski definition) is 6. The average molecular weight is 339 g/mol. The number of furan rings is 1. The number of carbonyl (C=O) groups is 1. The molecule has 0 saturated heterocycles. The van der Waals surface area contributed by atoms with Crippen molar-refractivity contribution in [2.24, 2.45) is 0 Å². The average Bonchev–Trinajstić information content (AvgIpc) is 3.13. The number of benzene rings is 1. The van der Waals surface area contributed by atoms with Gasteiger partial charge in [0, 0.05) is 11.0 Å². The molecule has 0 aliphatic carbocycles. The first-order valence-electron chi connectivity index (χ1n) is 7.10. The van der Waals surface area contributed by atoms with Crippen LogP contribution < -0.4 is 5.56 Å². The number of aryl methyl sites for hydroxylation is 1. The lowest BCUT2D eigenvalue weighted by Crippen LogP contribution is -2.14. The molecule has 120 valence electrons. The highest BCUT2D eigenvalue weighted by molar-refractivity contribution is 8.08. The molecular weight excluding hydrogens is 326 g/mol. The van der Waals surface area contributed by atoms with Gasteiger partial charge in [0.15, 0.2) is 10.9 Å². The van der Waals surface area contributed by atoms with E-state index >= 15 is 0 Å². The molecule has 0 aliphatic rings. The van der Waals surface area contributed by atoms with Crippen LogP contribution in [0.25, 0.3) is 4.91 Å². The molecule has 0 atom stereocenters. The zero-order valence-corrected chi connectivity index (χ0v) is 13.5. The summed E-state index contributed by atoms with van der Waals surface area (Å²) in [7, 11) is 0. The standard InChI is InChI=1S/C17H13N3O3S/c1-11-16(22)18-17(20-19-11)24-15(12-6-3-2-4-7-12)10-13(21)14-8-5-9-23-14/h2-10H,1H3,(H,18,20,22)/b15-10+. The number of H-pyrrole nitrogens is 1. The summed E-state index contributed by atoms with van der Waals surface area (Å²) in [5, 5.41) is 8.08. The largest absolute Gasteiger partial charge is 0.461 e. The smallest absolute Gasteiger partial charge is 0.273 e. The van der Waals surface area contributed by atoms with Crippen LogP contribution in [0.5, 0.6) is 0 Å². The van der Waals surface area contributed by atoms with Crippen molar-refractivity contribution in [2.75, 3.05) is 0 Å². The first kappa shape index (κ1) is 15.9. The van der Waals surface area contributed by atoms with E-state index < -0.39 is 0 Å².